The molecular formula is C19H22BNO2. The Kier molecular flexibility index (Phi) is 4.13. The first-order valence-electron chi connectivity index (χ1n) is 7.91. The van der Waals surface area contributed by atoms with Gasteiger partial charge in [0.05, 0.1) is 11.2 Å². The molecule has 0 bridgehead atoms. The molecule has 1 aromatic carbocycles. The van der Waals surface area contributed by atoms with Crippen LogP contribution in [0.5, 0.6) is 0 Å². The predicted molar refractivity (Wildman–Crippen MR) is 95.3 cm³/mol. The minimum atomic E-state index is -0.308. The van der Waals surface area contributed by atoms with Crippen LogP contribution >= 0.6 is 0 Å². The second kappa shape index (κ2) is 5.95. The largest absolute Gasteiger partial charge is 0.494 e. The van der Waals surface area contributed by atoms with Crippen molar-refractivity contribution in [2.75, 3.05) is 0 Å². The van der Waals surface area contributed by atoms with Gasteiger partial charge in [0, 0.05) is 12.4 Å². The first kappa shape index (κ1) is 16.0. The lowest BCUT2D eigenvalue weighted by Crippen LogP contribution is -2.41. The molecule has 1 aliphatic heterocycles. The predicted octanol–water partition coefficient (Wildman–Crippen LogP) is 3.55. The normalized spacial score (nSPS) is 19.4. The van der Waals surface area contributed by atoms with Crippen LogP contribution in [0, 0.1) is 0 Å². The topological polar surface area (TPSA) is 31.4 Å². The Balaban J connectivity index is 1.72. The van der Waals surface area contributed by atoms with E-state index in [1.54, 1.807) is 12.4 Å². The summed E-state index contributed by atoms with van der Waals surface area (Å²) in [6, 6.07) is 12.3. The molecule has 0 atom stereocenters. The van der Waals surface area contributed by atoms with Crippen LogP contribution in [0.15, 0.2) is 48.8 Å². The molecule has 1 saturated heterocycles. The number of nitrogens with zero attached hydrogens (tertiary/aromatic N) is 1. The van der Waals surface area contributed by atoms with Crippen LogP contribution in [0.4, 0.5) is 0 Å². The highest BCUT2D eigenvalue weighted by atomic mass is 16.7. The molecule has 0 N–H and O–H groups in total. The average Bonchev–Trinajstić information content (AvgIpc) is 2.75. The molecule has 0 radical (unpaired) electrons. The van der Waals surface area contributed by atoms with Crippen LogP contribution in [-0.4, -0.2) is 23.3 Å². The van der Waals surface area contributed by atoms with Crippen molar-refractivity contribution in [1.82, 2.24) is 4.98 Å². The minimum absolute atomic E-state index is 0.307. The third-order valence-corrected chi connectivity index (χ3v) is 4.64. The van der Waals surface area contributed by atoms with E-state index in [2.05, 4.69) is 69.1 Å². The Hall–Kier alpha value is -1.91. The summed E-state index contributed by atoms with van der Waals surface area (Å²) in [5.41, 5.74) is 2.71. The fraction of sp³-hybridized carbons (Fsp3) is 0.316. The lowest BCUT2D eigenvalue weighted by Gasteiger charge is -2.32. The molecule has 3 nitrogen and oxygen atoms in total. The summed E-state index contributed by atoms with van der Waals surface area (Å²) >= 11 is 0. The van der Waals surface area contributed by atoms with E-state index in [-0.39, 0.29) is 18.3 Å². The average molecular weight is 307 g/mol. The maximum atomic E-state index is 6.07. The summed E-state index contributed by atoms with van der Waals surface area (Å²) in [4.78, 5) is 4.02. The van der Waals surface area contributed by atoms with Gasteiger partial charge < -0.3 is 9.31 Å². The van der Waals surface area contributed by atoms with Crippen LogP contribution in [0.3, 0.4) is 0 Å². The molecule has 4 heteroatoms. The van der Waals surface area contributed by atoms with Crippen molar-refractivity contribution in [3.63, 3.8) is 0 Å². The van der Waals surface area contributed by atoms with Gasteiger partial charge in [-0.2, -0.15) is 0 Å². The van der Waals surface area contributed by atoms with E-state index < -0.39 is 0 Å². The Bertz CT molecular complexity index is 677. The van der Waals surface area contributed by atoms with Crippen LogP contribution in [0.1, 0.15) is 38.8 Å². The van der Waals surface area contributed by atoms with Gasteiger partial charge in [-0.25, -0.2) is 0 Å². The van der Waals surface area contributed by atoms with Crippen molar-refractivity contribution < 1.29 is 9.31 Å². The van der Waals surface area contributed by atoms with Gasteiger partial charge in [0.1, 0.15) is 0 Å². The standard InChI is InChI=1S/C19H22BNO2/c1-18(2)19(3,4)23-20(22-18)17-9-7-15(8-10-17)5-6-16-11-13-21-14-12-16/h5-14H,1-4H3/b6-5+. The molecule has 118 valence electrons. The minimum Gasteiger partial charge on any atom is -0.399 e. The lowest BCUT2D eigenvalue weighted by atomic mass is 9.79. The Morgan fingerprint density at radius 2 is 1.26 bits per heavy atom. The Morgan fingerprint density at radius 1 is 0.783 bits per heavy atom. The fourth-order valence-electron chi connectivity index (χ4n) is 2.41. The monoisotopic (exact) mass is 307 g/mol. The van der Waals surface area contributed by atoms with Gasteiger partial charge in [-0.05, 0) is 56.4 Å². The van der Waals surface area contributed by atoms with Gasteiger partial charge in [0.25, 0.3) is 0 Å². The molecule has 2 aromatic rings. The van der Waals surface area contributed by atoms with Crippen molar-refractivity contribution in [2.45, 2.75) is 38.9 Å². The van der Waals surface area contributed by atoms with Crippen LogP contribution in [-0.2, 0) is 9.31 Å². The van der Waals surface area contributed by atoms with Crippen LogP contribution in [0.25, 0.3) is 12.2 Å². The van der Waals surface area contributed by atoms with Crippen molar-refractivity contribution >= 4 is 24.7 Å². The highest BCUT2D eigenvalue weighted by molar-refractivity contribution is 6.62. The van der Waals surface area contributed by atoms with Gasteiger partial charge in [-0.3, -0.25) is 4.98 Å². The molecule has 0 spiro atoms. The van der Waals surface area contributed by atoms with Gasteiger partial charge in [0.15, 0.2) is 0 Å². The summed E-state index contributed by atoms with van der Waals surface area (Å²) in [6.45, 7) is 8.27. The fourth-order valence-corrected chi connectivity index (χ4v) is 2.41. The molecule has 0 amide bonds. The van der Waals surface area contributed by atoms with Crippen LogP contribution < -0.4 is 5.46 Å². The zero-order chi connectivity index (χ0) is 16.5. The number of hydrogen-bond acceptors (Lipinski definition) is 3. The lowest BCUT2D eigenvalue weighted by molar-refractivity contribution is 0.00578. The molecular weight excluding hydrogens is 285 g/mol. The highest BCUT2D eigenvalue weighted by Gasteiger charge is 2.51. The van der Waals surface area contributed by atoms with E-state index in [9.17, 15) is 0 Å². The number of rotatable bonds is 3. The zero-order valence-electron chi connectivity index (χ0n) is 14.1. The smallest absolute Gasteiger partial charge is 0.399 e. The zero-order valence-corrected chi connectivity index (χ0v) is 14.1. The van der Waals surface area contributed by atoms with Crippen molar-refractivity contribution in [2.24, 2.45) is 0 Å². The molecule has 0 saturated carbocycles. The Labute approximate surface area is 138 Å². The third kappa shape index (κ3) is 3.38. The second-order valence-electron chi connectivity index (χ2n) is 6.87. The number of benzene rings is 1. The molecule has 1 fully saturated rings. The van der Waals surface area contributed by atoms with Gasteiger partial charge in [-0.1, -0.05) is 36.4 Å². The van der Waals surface area contributed by atoms with E-state index in [1.807, 2.05) is 12.1 Å². The number of pyridine rings is 1. The summed E-state index contributed by atoms with van der Waals surface area (Å²) in [7, 11) is -0.307. The van der Waals surface area contributed by atoms with Crippen molar-refractivity contribution in [1.29, 1.82) is 0 Å². The van der Waals surface area contributed by atoms with E-state index in [0.717, 1.165) is 16.6 Å². The molecule has 1 aromatic heterocycles. The van der Waals surface area contributed by atoms with Crippen LogP contribution in [0.2, 0.25) is 0 Å². The summed E-state index contributed by atoms with van der Waals surface area (Å²) < 4.78 is 12.1. The third-order valence-electron chi connectivity index (χ3n) is 4.64. The number of hydrogen-bond donors (Lipinski definition) is 0. The molecule has 23 heavy (non-hydrogen) atoms. The van der Waals surface area contributed by atoms with E-state index in [0.29, 0.717) is 0 Å². The highest BCUT2D eigenvalue weighted by Crippen LogP contribution is 2.36. The first-order valence-corrected chi connectivity index (χ1v) is 7.91. The summed E-state index contributed by atoms with van der Waals surface area (Å²) in [5.74, 6) is 0. The van der Waals surface area contributed by atoms with Gasteiger partial charge in [0.2, 0.25) is 0 Å². The molecule has 0 unspecified atom stereocenters. The Morgan fingerprint density at radius 3 is 1.78 bits per heavy atom. The summed E-state index contributed by atoms with van der Waals surface area (Å²) in [6.07, 6.45) is 7.75. The SMILES string of the molecule is CC1(C)OB(c2ccc(/C=C/c3ccncc3)cc2)OC1(C)C. The van der Waals surface area contributed by atoms with E-state index >= 15 is 0 Å². The van der Waals surface area contributed by atoms with Crippen molar-refractivity contribution in [3.05, 3.63) is 59.9 Å². The van der Waals surface area contributed by atoms with Gasteiger partial charge in [-0.15, -0.1) is 0 Å². The maximum absolute atomic E-state index is 6.07. The molecule has 1 aliphatic rings. The quantitative estimate of drug-likeness (QED) is 0.813. The van der Waals surface area contributed by atoms with Gasteiger partial charge >= 0.3 is 7.12 Å². The second-order valence-corrected chi connectivity index (χ2v) is 6.87. The van der Waals surface area contributed by atoms with E-state index in [1.165, 1.54) is 0 Å². The number of aromatic nitrogens is 1. The summed E-state index contributed by atoms with van der Waals surface area (Å²) in [5, 5.41) is 0. The first-order chi connectivity index (χ1) is 10.9. The molecule has 3 rings (SSSR count). The molecule has 0 aliphatic carbocycles. The maximum Gasteiger partial charge on any atom is 0.494 e. The van der Waals surface area contributed by atoms with E-state index in [4.69, 9.17) is 9.31 Å². The van der Waals surface area contributed by atoms with Crippen molar-refractivity contribution in [3.8, 4) is 0 Å². The molecule has 2 heterocycles.